The van der Waals surface area contributed by atoms with Gasteiger partial charge in [0.05, 0.1) is 24.9 Å². The summed E-state index contributed by atoms with van der Waals surface area (Å²) in [6.07, 6.45) is 4.79. The Kier molecular flexibility index (Phi) is 5.25. The highest BCUT2D eigenvalue weighted by Gasteiger charge is 2.46. The highest BCUT2D eigenvalue weighted by atomic mass is 32.1. The van der Waals surface area contributed by atoms with E-state index in [0.717, 1.165) is 71.7 Å². The summed E-state index contributed by atoms with van der Waals surface area (Å²) in [5.41, 5.74) is 1.47. The van der Waals surface area contributed by atoms with Crippen LogP contribution in [0, 0.1) is 12.8 Å². The van der Waals surface area contributed by atoms with Gasteiger partial charge >= 0.3 is 0 Å². The van der Waals surface area contributed by atoms with Crippen LogP contribution in [0.1, 0.15) is 36.1 Å². The number of hydrogen-bond donors (Lipinski definition) is 0. The molecular formula is C19H29NO3S. The van der Waals surface area contributed by atoms with Gasteiger partial charge in [-0.3, -0.25) is 4.90 Å². The first kappa shape index (κ1) is 17.0. The fourth-order valence-corrected chi connectivity index (χ4v) is 5.16. The van der Waals surface area contributed by atoms with Crippen molar-refractivity contribution in [3.63, 3.8) is 0 Å². The minimum absolute atomic E-state index is 0.0471. The number of nitrogens with zero attached hydrogens (tertiary/aromatic N) is 1. The average molecular weight is 352 g/mol. The number of aryl methyl sites for hydroxylation is 1. The monoisotopic (exact) mass is 351 g/mol. The van der Waals surface area contributed by atoms with Gasteiger partial charge in [-0.1, -0.05) is 0 Å². The van der Waals surface area contributed by atoms with Gasteiger partial charge in [-0.15, -0.1) is 11.3 Å². The number of rotatable bonds is 5. The van der Waals surface area contributed by atoms with Crippen LogP contribution < -0.4 is 0 Å². The second-order valence-electron chi connectivity index (χ2n) is 7.70. The molecule has 2 atom stereocenters. The summed E-state index contributed by atoms with van der Waals surface area (Å²) in [7, 11) is 0. The van der Waals surface area contributed by atoms with Crippen molar-refractivity contribution < 1.29 is 14.2 Å². The minimum Gasteiger partial charge on any atom is -0.381 e. The van der Waals surface area contributed by atoms with Crippen LogP contribution in [0.2, 0.25) is 0 Å². The molecule has 1 aromatic heterocycles. The van der Waals surface area contributed by atoms with Gasteiger partial charge in [0.15, 0.2) is 0 Å². The Hall–Kier alpha value is -0.460. The highest BCUT2D eigenvalue weighted by Crippen LogP contribution is 2.37. The lowest BCUT2D eigenvalue weighted by molar-refractivity contribution is -0.0188. The molecule has 5 heteroatoms. The standard InChI is InChI=1S/C19H29NO3S/c1-15-4-9-24-18(15)11-20-6-5-19(14-20)10-17(13-23-19)22-12-16-2-7-21-8-3-16/h4,9,16-17H,2-3,5-8,10-14H2,1H3/t17-,19-/m1/s1. The van der Waals surface area contributed by atoms with Crippen LogP contribution in [0.3, 0.4) is 0 Å². The predicted octanol–water partition coefficient (Wildman–Crippen LogP) is 3.23. The highest BCUT2D eigenvalue weighted by molar-refractivity contribution is 7.10. The van der Waals surface area contributed by atoms with E-state index < -0.39 is 0 Å². The Morgan fingerprint density at radius 2 is 2.25 bits per heavy atom. The maximum atomic E-state index is 6.25. The van der Waals surface area contributed by atoms with E-state index in [0.29, 0.717) is 5.92 Å². The average Bonchev–Trinajstić information content (AvgIpc) is 3.30. The quantitative estimate of drug-likeness (QED) is 0.815. The van der Waals surface area contributed by atoms with E-state index in [1.165, 1.54) is 10.4 Å². The summed E-state index contributed by atoms with van der Waals surface area (Å²) in [5, 5.41) is 2.20. The smallest absolute Gasteiger partial charge is 0.0847 e. The molecule has 0 unspecified atom stereocenters. The van der Waals surface area contributed by atoms with Crippen LogP contribution >= 0.6 is 11.3 Å². The first-order valence-electron chi connectivity index (χ1n) is 9.31. The van der Waals surface area contributed by atoms with Gasteiger partial charge in [0, 0.05) is 44.1 Å². The first-order chi connectivity index (χ1) is 11.7. The van der Waals surface area contributed by atoms with Crippen molar-refractivity contribution in [2.24, 2.45) is 5.92 Å². The zero-order valence-electron chi connectivity index (χ0n) is 14.7. The van der Waals surface area contributed by atoms with E-state index >= 15 is 0 Å². The number of thiophene rings is 1. The molecule has 4 nitrogen and oxygen atoms in total. The van der Waals surface area contributed by atoms with Gasteiger partial charge in [0.1, 0.15) is 0 Å². The third-order valence-corrected chi connectivity index (χ3v) is 6.82. The molecule has 24 heavy (non-hydrogen) atoms. The summed E-state index contributed by atoms with van der Waals surface area (Å²) in [5.74, 6) is 0.678. The van der Waals surface area contributed by atoms with Gasteiger partial charge in [0.2, 0.25) is 0 Å². The lowest BCUT2D eigenvalue weighted by Crippen LogP contribution is -2.33. The van der Waals surface area contributed by atoms with Gasteiger partial charge in [-0.05, 0) is 49.1 Å². The lowest BCUT2D eigenvalue weighted by atomic mass is 9.98. The van der Waals surface area contributed by atoms with Gasteiger partial charge in [-0.2, -0.15) is 0 Å². The maximum absolute atomic E-state index is 6.25. The van der Waals surface area contributed by atoms with Crippen LogP contribution in [0.25, 0.3) is 0 Å². The zero-order chi connectivity index (χ0) is 16.4. The molecule has 0 bridgehead atoms. The third kappa shape index (κ3) is 3.86. The number of likely N-dealkylation sites (tertiary alicyclic amines) is 1. The fraction of sp³-hybridized carbons (Fsp3) is 0.789. The molecule has 1 spiro atoms. The first-order valence-corrected chi connectivity index (χ1v) is 10.2. The van der Waals surface area contributed by atoms with E-state index in [9.17, 15) is 0 Å². The zero-order valence-corrected chi connectivity index (χ0v) is 15.5. The third-order valence-electron chi connectivity index (χ3n) is 5.81. The number of hydrogen-bond acceptors (Lipinski definition) is 5. The minimum atomic E-state index is 0.0471. The van der Waals surface area contributed by atoms with Gasteiger partial charge in [0.25, 0.3) is 0 Å². The topological polar surface area (TPSA) is 30.9 Å². The van der Waals surface area contributed by atoms with E-state index in [-0.39, 0.29) is 11.7 Å². The van der Waals surface area contributed by atoms with Crippen LogP contribution in [-0.4, -0.2) is 56.1 Å². The van der Waals surface area contributed by atoms with Gasteiger partial charge < -0.3 is 14.2 Å². The summed E-state index contributed by atoms with van der Waals surface area (Å²) < 4.78 is 17.9. The summed E-state index contributed by atoms with van der Waals surface area (Å²) >= 11 is 1.87. The van der Waals surface area contributed by atoms with Crippen molar-refractivity contribution in [2.75, 3.05) is 39.5 Å². The maximum Gasteiger partial charge on any atom is 0.0847 e. The molecule has 0 radical (unpaired) electrons. The second-order valence-corrected chi connectivity index (χ2v) is 8.70. The van der Waals surface area contributed by atoms with Crippen molar-refractivity contribution in [2.45, 2.75) is 50.9 Å². The van der Waals surface area contributed by atoms with E-state index in [1.807, 2.05) is 11.3 Å². The number of ether oxygens (including phenoxy) is 3. The molecule has 0 aliphatic carbocycles. The van der Waals surface area contributed by atoms with Crippen LogP contribution in [-0.2, 0) is 20.8 Å². The van der Waals surface area contributed by atoms with Gasteiger partial charge in [-0.25, -0.2) is 0 Å². The fourth-order valence-electron chi connectivity index (χ4n) is 4.21. The molecule has 4 rings (SSSR count). The van der Waals surface area contributed by atoms with E-state index in [1.54, 1.807) is 0 Å². The molecule has 3 saturated heterocycles. The lowest BCUT2D eigenvalue weighted by Gasteiger charge is -2.24. The van der Waals surface area contributed by atoms with Crippen molar-refractivity contribution >= 4 is 11.3 Å². The summed E-state index contributed by atoms with van der Waals surface area (Å²) in [6, 6.07) is 2.22. The molecule has 0 saturated carbocycles. The molecular weight excluding hydrogens is 322 g/mol. The molecule has 3 fully saturated rings. The summed E-state index contributed by atoms with van der Waals surface area (Å²) in [4.78, 5) is 4.05. The van der Waals surface area contributed by atoms with E-state index in [2.05, 4.69) is 23.3 Å². The van der Waals surface area contributed by atoms with Crippen molar-refractivity contribution in [3.8, 4) is 0 Å². The molecule has 1 aromatic rings. The molecule has 134 valence electrons. The molecule has 3 aliphatic heterocycles. The van der Waals surface area contributed by atoms with Crippen LogP contribution in [0.15, 0.2) is 11.4 Å². The van der Waals surface area contributed by atoms with Crippen molar-refractivity contribution in [1.82, 2.24) is 4.90 Å². The molecule has 0 N–H and O–H groups in total. The Balaban J connectivity index is 1.24. The van der Waals surface area contributed by atoms with Crippen molar-refractivity contribution in [3.05, 3.63) is 21.9 Å². The Labute approximate surface area is 149 Å². The molecule has 4 heterocycles. The Bertz CT molecular complexity index is 542. The van der Waals surface area contributed by atoms with Crippen LogP contribution in [0.5, 0.6) is 0 Å². The van der Waals surface area contributed by atoms with Crippen molar-refractivity contribution in [1.29, 1.82) is 0 Å². The predicted molar refractivity (Wildman–Crippen MR) is 95.5 cm³/mol. The molecule has 0 aromatic carbocycles. The normalized spacial score (nSPS) is 32.1. The SMILES string of the molecule is Cc1ccsc1CN1CC[C@@]2(C[C@@H](OCC3CCOCC3)CO2)C1. The molecule has 0 amide bonds. The Morgan fingerprint density at radius 3 is 3.04 bits per heavy atom. The second kappa shape index (κ2) is 7.42. The van der Waals surface area contributed by atoms with E-state index in [4.69, 9.17) is 14.2 Å². The largest absolute Gasteiger partial charge is 0.381 e. The Morgan fingerprint density at radius 1 is 1.38 bits per heavy atom. The summed E-state index contributed by atoms with van der Waals surface area (Å²) in [6.45, 7) is 8.94. The molecule has 3 aliphatic rings. The van der Waals surface area contributed by atoms with Crippen LogP contribution in [0.4, 0.5) is 0 Å².